The molecule has 3 aromatic rings. The summed E-state index contributed by atoms with van der Waals surface area (Å²) in [6.07, 6.45) is 1.65. The maximum Gasteiger partial charge on any atom is 0.242 e. The van der Waals surface area contributed by atoms with Gasteiger partial charge >= 0.3 is 0 Å². The van der Waals surface area contributed by atoms with Crippen LogP contribution < -0.4 is 10.1 Å². The van der Waals surface area contributed by atoms with Crippen molar-refractivity contribution in [1.29, 1.82) is 0 Å². The molecule has 0 saturated carbocycles. The summed E-state index contributed by atoms with van der Waals surface area (Å²) in [6, 6.07) is 27.3. The lowest BCUT2D eigenvalue weighted by Crippen LogP contribution is -2.49. The number of carbonyl (C=O) groups excluding carboxylic acids is 2. The Kier molecular flexibility index (Phi) is 9.91. The first-order valence-corrected chi connectivity index (χ1v) is 12.4. The van der Waals surface area contributed by atoms with Gasteiger partial charge in [0.1, 0.15) is 11.8 Å². The standard InChI is InChI=1S/C30H36N2O3/c1-4-19-31-30(34)28(5-2)32(22-23-13-12-18-26(20-23)35-3)29(33)21-27(24-14-8-6-9-15-24)25-16-10-7-11-17-25/h6-18,20,27-28H,4-5,19,21-22H2,1-3H3,(H,31,34). The minimum absolute atomic E-state index is 0.0518. The minimum Gasteiger partial charge on any atom is -0.497 e. The second-order valence-electron chi connectivity index (χ2n) is 8.67. The van der Waals surface area contributed by atoms with Gasteiger partial charge in [0.2, 0.25) is 11.8 Å². The number of nitrogens with one attached hydrogen (secondary N) is 1. The van der Waals surface area contributed by atoms with Crippen molar-refractivity contribution >= 4 is 11.8 Å². The Balaban J connectivity index is 1.95. The minimum atomic E-state index is -0.549. The van der Waals surface area contributed by atoms with E-state index in [0.717, 1.165) is 28.9 Å². The number of amides is 2. The Bertz CT molecular complexity index is 1030. The van der Waals surface area contributed by atoms with Crippen LogP contribution in [0.3, 0.4) is 0 Å². The molecule has 3 aromatic carbocycles. The molecule has 0 bridgehead atoms. The van der Waals surface area contributed by atoms with Gasteiger partial charge in [0, 0.05) is 25.4 Å². The van der Waals surface area contributed by atoms with Crippen molar-refractivity contribution in [2.24, 2.45) is 0 Å². The number of methoxy groups -OCH3 is 1. The van der Waals surface area contributed by atoms with Gasteiger partial charge in [0.05, 0.1) is 7.11 Å². The van der Waals surface area contributed by atoms with Crippen LogP contribution in [0.25, 0.3) is 0 Å². The topological polar surface area (TPSA) is 58.6 Å². The van der Waals surface area contributed by atoms with Gasteiger partial charge in [-0.05, 0) is 41.7 Å². The van der Waals surface area contributed by atoms with Crippen molar-refractivity contribution in [2.45, 2.75) is 51.6 Å². The summed E-state index contributed by atoms with van der Waals surface area (Å²) in [7, 11) is 1.62. The molecule has 0 aliphatic heterocycles. The smallest absolute Gasteiger partial charge is 0.242 e. The molecule has 35 heavy (non-hydrogen) atoms. The molecule has 3 rings (SSSR count). The van der Waals surface area contributed by atoms with E-state index in [0.29, 0.717) is 19.5 Å². The van der Waals surface area contributed by atoms with Gasteiger partial charge in [0.25, 0.3) is 0 Å². The molecule has 0 aliphatic carbocycles. The number of ether oxygens (including phenoxy) is 1. The highest BCUT2D eigenvalue weighted by molar-refractivity contribution is 5.88. The fourth-order valence-electron chi connectivity index (χ4n) is 4.34. The summed E-state index contributed by atoms with van der Waals surface area (Å²) in [5.41, 5.74) is 3.09. The summed E-state index contributed by atoms with van der Waals surface area (Å²) in [4.78, 5) is 28.8. The molecule has 5 heteroatoms. The largest absolute Gasteiger partial charge is 0.497 e. The predicted molar refractivity (Wildman–Crippen MR) is 140 cm³/mol. The summed E-state index contributed by atoms with van der Waals surface area (Å²) < 4.78 is 5.38. The van der Waals surface area contributed by atoms with Gasteiger partial charge in [-0.15, -0.1) is 0 Å². The molecule has 2 amide bonds. The van der Waals surface area contributed by atoms with Gasteiger partial charge < -0.3 is 15.0 Å². The highest BCUT2D eigenvalue weighted by Gasteiger charge is 2.30. The van der Waals surface area contributed by atoms with Crippen LogP contribution in [0.15, 0.2) is 84.9 Å². The molecule has 0 radical (unpaired) electrons. The van der Waals surface area contributed by atoms with Gasteiger partial charge in [-0.3, -0.25) is 9.59 Å². The van der Waals surface area contributed by atoms with Crippen molar-refractivity contribution in [1.82, 2.24) is 10.2 Å². The van der Waals surface area contributed by atoms with Crippen molar-refractivity contribution in [3.05, 3.63) is 102 Å². The third-order valence-electron chi connectivity index (χ3n) is 6.20. The summed E-state index contributed by atoms with van der Waals surface area (Å²) in [5.74, 6) is 0.462. The third kappa shape index (κ3) is 7.19. The second-order valence-corrected chi connectivity index (χ2v) is 8.67. The fourth-order valence-corrected chi connectivity index (χ4v) is 4.34. The highest BCUT2D eigenvalue weighted by Crippen LogP contribution is 2.30. The molecule has 0 fully saturated rings. The van der Waals surface area contributed by atoms with Crippen molar-refractivity contribution in [2.75, 3.05) is 13.7 Å². The molecule has 1 unspecified atom stereocenters. The zero-order chi connectivity index (χ0) is 25.0. The molecule has 0 aromatic heterocycles. The summed E-state index contributed by atoms with van der Waals surface area (Å²) in [5, 5.41) is 2.99. The SMILES string of the molecule is CCCNC(=O)C(CC)N(Cc1cccc(OC)c1)C(=O)CC(c1ccccc1)c1ccccc1. The highest BCUT2D eigenvalue weighted by atomic mass is 16.5. The van der Waals surface area contributed by atoms with Crippen LogP contribution in [0.5, 0.6) is 5.75 Å². The van der Waals surface area contributed by atoms with Gasteiger partial charge in [0.15, 0.2) is 0 Å². The number of hydrogen-bond acceptors (Lipinski definition) is 3. The van der Waals surface area contributed by atoms with E-state index in [1.807, 2.05) is 74.5 Å². The van der Waals surface area contributed by atoms with Gasteiger partial charge in [-0.25, -0.2) is 0 Å². The van der Waals surface area contributed by atoms with Crippen LogP contribution in [0, 0.1) is 0 Å². The predicted octanol–water partition coefficient (Wildman–Crippen LogP) is 5.55. The van der Waals surface area contributed by atoms with E-state index in [1.54, 1.807) is 12.0 Å². The number of hydrogen-bond donors (Lipinski definition) is 1. The van der Waals surface area contributed by atoms with E-state index in [9.17, 15) is 9.59 Å². The first kappa shape index (κ1) is 26.0. The van der Waals surface area contributed by atoms with E-state index in [1.165, 1.54) is 0 Å². The number of nitrogens with zero attached hydrogens (tertiary/aromatic N) is 1. The average molecular weight is 473 g/mol. The molecule has 1 N–H and O–H groups in total. The summed E-state index contributed by atoms with van der Waals surface area (Å²) >= 11 is 0. The maximum atomic E-state index is 14.0. The van der Waals surface area contributed by atoms with Gasteiger partial charge in [-0.1, -0.05) is 86.6 Å². The first-order valence-electron chi connectivity index (χ1n) is 12.4. The zero-order valence-electron chi connectivity index (χ0n) is 20.9. The monoisotopic (exact) mass is 472 g/mol. The molecule has 0 heterocycles. The first-order chi connectivity index (χ1) is 17.1. The molecule has 184 valence electrons. The molecular formula is C30H36N2O3. The molecular weight excluding hydrogens is 436 g/mol. The van der Waals surface area contributed by atoms with Crippen LogP contribution in [-0.4, -0.2) is 36.4 Å². The van der Waals surface area contributed by atoms with E-state index >= 15 is 0 Å². The van der Waals surface area contributed by atoms with Crippen molar-refractivity contribution in [3.63, 3.8) is 0 Å². The number of carbonyl (C=O) groups is 2. The Morgan fingerprint density at radius 1 is 0.886 bits per heavy atom. The molecule has 0 aliphatic rings. The van der Waals surface area contributed by atoms with Crippen LogP contribution in [0.2, 0.25) is 0 Å². The Hall–Kier alpha value is -3.60. The lowest BCUT2D eigenvalue weighted by Gasteiger charge is -2.32. The summed E-state index contributed by atoms with van der Waals surface area (Å²) in [6.45, 7) is 4.90. The van der Waals surface area contributed by atoms with Crippen LogP contribution >= 0.6 is 0 Å². The van der Waals surface area contributed by atoms with E-state index in [4.69, 9.17) is 4.74 Å². The van der Waals surface area contributed by atoms with Crippen molar-refractivity contribution < 1.29 is 14.3 Å². The molecule has 1 atom stereocenters. The van der Waals surface area contributed by atoms with Crippen LogP contribution in [-0.2, 0) is 16.1 Å². The van der Waals surface area contributed by atoms with Crippen LogP contribution in [0.1, 0.15) is 55.7 Å². The number of rotatable bonds is 12. The van der Waals surface area contributed by atoms with Crippen molar-refractivity contribution in [3.8, 4) is 5.75 Å². The number of benzene rings is 3. The Labute approximate surface area is 209 Å². The normalized spacial score (nSPS) is 11.7. The van der Waals surface area contributed by atoms with Gasteiger partial charge in [-0.2, -0.15) is 0 Å². The maximum absolute atomic E-state index is 14.0. The van der Waals surface area contributed by atoms with Crippen LogP contribution in [0.4, 0.5) is 0 Å². The zero-order valence-corrected chi connectivity index (χ0v) is 20.9. The lowest BCUT2D eigenvalue weighted by atomic mass is 9.88. The van der Waals surface area contributed by atoms with E-state index < -0.39 is 6.04 Å². The molecule has 0 spiro atoms. The molecule has 5 nitrogen and oxygen atoms in total. The average Bonchev–Trinajstić information content (AvgIpc) is 2.91. The fraction of sp³-hybridized carbons (Fsp3) is 0.333. The Morgan fingerprint density at radius 2 is 1.51 bits per heavy atom. The quantitative estimate of drug-likeness (QED) is 0.376. The Morgan fingerprint density at radius 3 is 2.06 bits per heavy atom. The molecule has 0 saturated heterocycles. The van der Waals surface area contributed by atoms with E-state index in [2.05, 4.69) is 29.6 Å². The van der Waals surface area contributed by atoms with E-state index in [-0.39, 0.29) is 24.2 Å². The second kappa shape index (κ2) is 13.3. The third-order valence-corrected chi connectivity index (χ3v) is 6.20. The lowest BCUT2D eigenvalue weighted by molar-refractivity contribution is -0.141.